The van der Waals surface area contributed by atoms with E-state index in [1.165, 1.54) is 11.3 Å². The minimum atomic E-state index is 0.287. The van der Waals surface area contributed by atoms with Crippen molar-refractivity contribution in [1.82, 2.24) is 20.1 Å². The van der Waals surface area contributed by atoms with E-state index in [9.17, 15) is 0 Å². The Morgan fingerprint density at radius 3 is 2.63 bits per heavy atom. The second-order valence-electron chi connectivity index (χ2n) is 4.57. The van der Waals surface area contributed by atoms with Crippen molar-refractivity contribution in [3.8, 4) is 0 Å². The molecule has 1 unspecified atom stereocenters. The van der Waals surface area contributed by atoms with Gasteiger partial charge in [0, 0.05) is 32.0 Å². The number of hydrogen-bond donors (Lipinski definition) is 1. The molecule has 1 N–H and O–H groups in total. The molecule has 1 atom stereocenters. The summed E-state index contributed by atoms with van der Waals surface area (Å²) in [5, 5.41) is 8.01. The Morgan fingerprint density at radius 1 is 1.37 bits per heavy atom. The van der Waals surface area contributed by atoms with E-state index in [-0.39, 0.29) is 6.04 Å². The number of nitrogens with one attached hydrogen (secondary N) is 1. The maximum atomic E-state index is 4.50. The highest BCUT2D eigenvalue weighted by atomic mass is 79.9. The zero-order chi connectivity index (χ0) is 13.8. The summed E-state index contributed by atoms with van der Waals surface area (Å²) in [6, 6.07) is 4.36. The molecule has 5 heteroatoms. The molecule has 102 valence electrons. The number of halogens is 1. The normalized spacial score (nSPS) is 12.6. The molecule has 4 nitrogen and oxygen atoms in total. The van der Waals surface area contributed by atoms with Gasteiger partial charge in [-0.25, -0.2) is 0 Å². The predicted molar refractivity (Wildman–Crippen MR) is 79.8 cm³/mol. The van der Waals surface area contributed by atoms with E-state index in [4.69, 9.17) is 0 Å². The van der Waals surface area contributed by atoms with Gasteiger partial charge in [-0.1, -0.05) is 6.92 Å². The van der Waals surface area contributed by atoms with Crippen LogP contribution in [-0.4, -0.2) is 14.8 Å². The average molecular weight is 323 g/mol. The van der Waals surface area contributed by atoms with Crippen molar-refractivity contribution < 1.29 is 0 Å². The fourth-order valence-electron chi connectivity index (χ4n) is 2.03. The van der Waals surface area contributed by atoms with Gasteiger partial charge in [-0.3, -0.25) is 9.67 Å². The number of aromatic nitrogens is 3. The van der Waals surface area contributed by atoms with Crippen molar-refractivity contribution in [3.63, 3.8) is 0 Å². The molecule has 0 bridgehead atoms. The maximum absolute atomic E-state index is 4.50. The molecule has 0 aromatic carbocycles. The van der Waals surface area contributed by atoms with E-state index in [1.54, 1.807) is 0 Å². The lowest BCUT2D eigenvalue weighted by molar-refractivity contribution is 0.546. The third-order valence-electron chi connectivity index (χ3n) is 3.28. The van der Waals surface area contributed by atoms with Crippen LogP contribution in [0.25, 0.3) is 0 Å². The quantitative estimate of drug-likeness (QED) is 0.920. The predicted octanol–water partition coefficient (Wildman–Crippen LogP) is 2.99. The van der Waals surface area contributed by atoms with Crippen molar-refractivity contribution in [2.45, 2.75) is 32.9 Å². The highest BCUT2D eigenvalue weighted by molar-refractivity contribution is 9.10. The number of rotatable bonds is 5. The Bertz CT molecular complexity index is 536. The first-order valence-corrected chi connectivity index (χ1v) is 7.26. The molecule has 19 heavy (non-hydrogen) atoms. The van der Waals surface area contributed by atoms with Crippen molar-refractivity contribution in [2.24, 2.45) is 7.05 Å². The van der Waals surface area contributed by atoms with Crippen LogP contribution in [0.15, 0.2) is 29.0 Å². The summed E-state index contributed by atoms with van der Waals surface area (Å²) in [5.41, 5.74) is 3.53. The molecule has 2 aromatic rings. The van der Waals surface area contributed by atoms with Crippen LogP contribution in [0.2, 0.25) is 0 Å². The fraction of sp³-hybridized carbons (Fsp3) is 0.429. The Kier molecular flexibility index (Phi) is 4.71. The van der Waals surface area contributed by atoms with Crippen molar-refractivity contribution in [1.29, 1.82) is 0 Å². The minimum absolute atomic E-state index is 0.287. The molecule has 0 spiro atoms. The molecular weight excluding hydrogens is 304 g/mol. The van der Waals surface area contributed by atoms with E-state index in [2.05, 4.69) is 45.2 Å². The molecule has 0 aliphatic heterocycles. The SMILES string of the molecule is CCc1nn(C)c(CNC(C)c2ccncc2)c1Br. The number of pyridine rings is 1. The smallest absolute Gasteiger partial charge is 0.0767 e. The summed E-state index contributed by atoms with van der Waals surface area (Å²) in [7, 11) is 1.98. The molecule has 2 aromatic heterocycles. The summed E-state index contributed by atoms with van der Waals surface area (Å²) in [5.74, 6) is 0. The molecule has 2 rings (SSSR count). The second kappa shape index (κ2) is 6.30. The topological polar surface area (TPSA) is 42.7 Å². The van der Waals surface area contributed by atoms with Crippen LogP contribution in [-0.2, 0) is 20.0 Å². The fourth-order valence-corrected chi connectivity index (χ4v) is 2.79. The zero-order valence-electron chi connectivity index (χ0n) is 11.5. The summed E-state index contributed by atoms with van der Waals surface area (Å²) in [6.07, 6.45) is 4.58. The largest absolute Gasteiger partial charge is 0.305 e. The van der Waals surface area contributed by atoms with E-state index in [1.807, 2.05) is 36.3 Å². The molecule has 2 heterocycles. The molecule has 0 saturated carbocycles. The lowest BCUT2D eigenvalue weighted by Crippen LogP contribution is -2.20. The van der Waals surface area contributed by atoms with Gasteiger partial charge in [0.1, 0.15) is 0 Å². The van der Waals surface area contributed by atoms with E-state index in [0.717, 1.165) is 23.1 Å². The molecule has 0 radical (unpaired) electrons. The molecule has 0 aliphatic rings. The Morgan fingerprint density at radius 2 is 2.05 bits per heavy atom. The monoisotopic (exact) mass is 322 g/mol. The molecule has 0 saturated heterocycles. The number of aryl methyl sites for hydroxylation is 2. The summed E-state index contributed by atoms with van der Waals surface area (Å²) < 4.78 is 3.06. The third-order valence-corrected chi connectivity index (χ3v) is 4.20. The minimum Gasteiger partial charge on any atom is -0.305 e. The van der Waals surface area contributed by atoms with Crippen LogP contribution in [0, 0.1) is 0 Å². The molecule has 0 fully saturated rings. The van der Waals surface area contributed by atoms with Gasteiger partial charge >= 0.3 is 0 Å². The molecular formula is C14H19BrN4. The summed E-state index contributed by atoms with van der Waals surface area (Å²) >= 11 is 3.64. The lowest BCUT2D eigenvalue weighted by atomic mass is 10.1. The Hall–Kier alpha value is -1.20. The van der Waals surface area contributed by atoms with Crippen LogP contribution in [0.1, 0.15) is 36.8 Å². The third kappa shape index (κ3) is 3.22. The average Bonchev–Trinajstić information content (AvgIpc) is 2.72. The van der Waals surface area contributed by atoms with Crippen LogP contribution < -0.4 is 5.32 Å². The maximum Gasteiger partial charge on any atom is 0.0767 e. The van der Waals surface area contributed by atoms with Gasteiger partial charge in [0.25, 0.3) is 0 Å². The van der Waals surface area contributed by atoms with Gasteiger partial charge in [0.2, 0.25) is 0 Å². The van der Waals surface area contributed by atoms with Crippen molar-refractivity contribution in [2.75, 3.05) is 0 Å². The highest BCUT2D eigenvalue weighted by Gasteiger charge is 2.13. The van der Waals surface area contributed by atoms with Crippen molar-refractivity contribution in [3.05, 3.63) is 46.0 Å². The first kappa shape index (κ1) is 14.2. The summed E-state index contributed by atoms with van der Waals surface area (Å²) in [4.78, 5) is 4.04. The van der Waals surface area contributed by atoms with Gasteiger partial charge in [-0.05, 0) is 47.0 Å². The van der Waals surface area contributed by atoms with Gasteiger partial charge in [0.15, 0.2) is 0 Å². The van der Waals surface area contributed by atoms with Gasteiger partial charge < -0.3 is 5.32 Å². The molecule has 0 aliphatic carbocycles. The Balaban J connectivity index is 2.05. The summed E-state index contributed by atoms with van der Waals surface area (Å²) in [6.45, 7) is 5.05. The van der Waals surface area contributed by atoms with Crippen LogP contribution in [0.3, 0.4) is 0 Å². The van der Waals surface area contributed by atoms with Gasteiger partial charge in [0.05, 0.1) is 15.9 Å². The lowest BCUT2D eigenvalue weighted by Gasteiger charge is -2.14. The van der Waals surface area contributed by atoms with E-state index in [0.29, 0.717) is 0 Å². The number of hydrogen-bond acceptors (Lipinski definition) is 3. The number of nitrogens with zero attached hydrogens (tertiary/aromatic N) is 3. The standard InChI is InChI=1S/C14H19BrN4/c1-4-12-14(15)13(19(3)18-12)9-17-10(2)11-5-7-16-8-6-11/h5-8,10,17H,4,9H2,1-3H3. The Labute approximate surface area is 122 Å². The van der Waals surface area contributed by atoms with Gasteiger partial charge in [-0.15, -0.1) is 0 Å². The highest BCUT2D eigenvalue weighted by Crippen LogP contribution is 2.22. The van der Waals surface area contributed by atoms with Crippen molar-refractivity contribution >= 4 is 15.9 Å². The zero-order valence-corrected chi connectivity index (χ0v) is 13.1. The van der Waals surface area contributed by atoms with E-state index >= 15 is 0 Å². The molecule has 0 amide bonds. The first-order valence-electron chi connectivity index (χ1n) is 6.47. The van der Waals surface area contributed by atoms with Crippen LogP contribution in [0.4, 0.5) is 0 Å². The second-order valence-corrected chi connectivity index (χ2v) is 5.36. The first-order chi connectivity index (χ1) is 9.13. The van der Waals surface area contributed by atoms with Gasteiger partial charge in [-0.2, -0.15) is 5.10 Å². The van der Waals surface area contributed by atoms with E-state index < -0.39 is 0 Å². The van der Waals surface area contributed by atoms with Crippen LogP contribution in [0.5, 0.6) is 0 Å². The van der Waals surface area contributed by atoms with Crippen LogP contribution >= 0.6 is 15.9 Å².